The van der Waals surface area contributed by atoms with Crippen LogP contribution in [0.3, 0.4) is 0 Å². The monoisotopic (exact) mass is 527 g/mol. The smallest absolute Gasteiger partial charge is 0.253 e. The number of thiophene rings is 1. The first kappa shape index (κ1) is 28.2. The van der Waals surface area contributed by atoms with Crippen LogP contribution in [-0.2, 0) is 6.42 Å². The third kappa shape index (κ3) is 7.55. The highest BCUT2D eigenvalue weighted by molar-refractivity contribution is 7.07. The second kappa shape index (κ2) is 13.8. The van der Waals surface area contributed by atoms with Crippen LogP contribution in [-0.4, -0.2) is 48.0 Å². The number of likely N-dealkylation sites (tertiary alicyclic amines) is 1. The summed E-state index contributed by atoms with van der Waals surface area (Å²) in [5.74, 6) is 0.780. The van der Waals surface area contributed by atoms with Gasteiger partial charge in [-0.25, -0.2) is 4.98 Å². The summed E-state index contributed by atoms with van der Waals surface area (Å²) in [5.41, 5.74) is 4.54. The molecular formula is C28H38ClN5OS. The SMILES string of the molecule is CCNC(=CC#N)C(Cc1ccsc1)C1CCN([C@H](C)CCNC(=O)c2c(C)cc(Cl)nc2C)CC1. The number of hydrogen-bond acceptors (Lipinski definition) is 6. The van der Waals surface area contributed by atoms with Crippen molar-refractivity contribution in [3.63, 3.8) is 0 Å². The van der Waals surface area contributed by atoms with E-state index in [1.54, 1.807) is 23.5 Å². The Morgan fingerprint density at radius 2 is 2.11 bits per heavy atom. The second-order valence-corrected chi connectivity index (χ2v) is 10.9. The van der Waals surface area contributed by atoms with Crippen molar-refractivity contribution in [3.05, 3.63) is 62.2 Å². The van der Waals surface area contributed by atoms with Gasteiger partial charge in [0, 0.05) is 36.8 Å². The van der Waals surface area contributed by atoms with Gasteiger partial charge in [-0.15, -0.1) is 0 Å². The Morgan fingerprint density at radius 3 is 2.72 bits per heavy atom. The molecular weight excluding hydrogens is 490 g/mol. The topological polar surface area (TPSA) is 81.0 Å². The molecule has 0 spiro atoms. The molecule has 0 aromatic carbocycles. The molecule has 1 aliphatic rings. The van der Waals surface area contributed by atoms with Crippen molar-refractivity contribution in [2.75, 3.05) is 26.2 Å². The molecule has 6 nitrogen and oxygen atoms in total. The molecule has 1 aliphatic heterocycles. The number of rotatable bonds is 11. The number of nitrogens with one attached hydrogen (secondary N) is 2. The Kier molecular flexibility index (Phi) is 10.8. The number of carbonyl (C=O) groups excluding carboxylic acids is 1. The molecule has 3 heterocycles. The van der Waals surface area contributed by atoms with Crippen LogP contribution in [0.1, 0.15) is 60.3 Å². The van der Waals surface area contributed by atoms with E-state index in [-0.39, 0.29) is 5.91 Å². The molecule has 0 saturated carbocycles. The molecule has 1 saturated heterocycles. The number of allylic oxidation sites excluding steroid dienone is 2. The largest absolute Gasteiger partial charge is 0.388 e. The molecule has 194 valence electrons. The van der Waals surface area contributed by atoms with Crippen LogP contribution >= 0.6 is 22.9 Å². The van der Waals surface area contributed by atoms with Crippen LogP contribution in [0, 0.1) is 37.0 Å². The van der Waals surface area contributed by atoms with Crippen molar-refractivity contribution >= 4 is 28.8 Å². The first-order chi connectivity index (χ1) is 17.3. The lowest BCUT2D eigenvalue weighted by Gasteiger charge is -2.39. The summed E-state index contributed by atoms with van der Waals surface area (Å²) in [5, 5.41) is 20.7. The zero-order chi connectivity index (χ0) is 26.1. The van der Waals surface area contributed by atoms with Crippen molar-refractivity contribution in [2.45, 2.75) is 59.4 Å². The summed E-state index contributed by atoms with van der Waals surface area (Å²) in [4.78, 5) is 19.5. The summed E-state index contributed by atoms with van der Waals surface area (Å²) in [6.45, 7) is 11.5. The number of piperidine rings is 1. The summed E-state index contributed by atoms with van der Waals surface area (Å²) in [7, 11) is 0. The summed E-state index contributed by atoms with van der Waals surface area (Å²) < 4.78 is 0. The highest BCUT2D eigenvalue weighted by Crippen LogP contribution is 2.33. The van der Waals surface area contributed by atoms with Gasteiger partial charge < -0.3 is 15.5 Å². The minimum Gasteiger partial charge on any atom is -0.388 e. The normalized spacial score (nSPS) is 16.8. The molecule has 2 aromatic heterocycles. The van der Waals surface area contributed by atoms with Gasteiger partial charge in [-0.05, 0) is 106 Å². The van der Waals surface area contributed by atoms with Gasteiger partial charge in [0.1, 0.15) is 5.15 Å². The molecule has 2 aromatic rings. The number of amides is 1. The van der Waals surface area contributed by atoms with Crippen LogP contribution in [0.15, 0.2) is 34.7 Å². The molecule has 36 heavy (non-hydrogen) atoms. The average Bonchev–Trinajstić information content (AvgIpc) is 3.35. The van der Waals surface area contributed by atoms with E-state index >= 15 is 0 Å². The number of nitriles is 1. The lowest BCUT2D eigenvalue weighted by atomic mass is 9.78. The van der Waals surface area contributed by atoms with E-state index in [2.05, 4.69) is 57.3 Å². The number of aryl methyl sites for hydroxylation is 2. The number of hydrogen-bond donors (Lipinski definition) is 2. The number of nitrogens with zero attached hydrogens (tertiary/aromatic N) is 3. The molecule has 1 unspecified atom stereocenters. The average molecular weight is 528 g/mol. The van der Waals surface area contributed by atoms with E-state index in [1.807, 2.05) is 13.8 Å². The standard InChI is InChI=1S/C28H38ClN5OS/c1-5-31-25(6-11-30)24(17-22-10-15-36-18-22)23-8-13-34(14-9-23)20(3)7-12-32-28(35)27-19(2)16-26(29)33-21(27)4/h6,10,15-16,18,20,23-24,31H,5,7-9,12-14,17H2,1-4H3,(H,32,35)/t20-,24?/m1/s1. The van der Waals surface area contributed by atoms with Crippen molar-refractivity contribution in [1.82, 2.24) is 20.5 Å². The van der Waals surface area contributed by atoms with Crippen LogP contribution < -0.4 is 10.6 Å². The van der Waals surface area contributed by atoms with Gasteiger partial charge in [-0.1, -0.05) is 11.6 Å². The molecule has 2 N–H and O–H groups in total. The van der Waals surface area contributed by atoms with E-state index in [1.165, 1.54) is 5.56 Å². The molecule has 3 rings (SSSR count). The third-order valence-corrected chi connectivity index (χ3v) is 8.17. The molecule has 1 fully saturated rings. The molecule has 1 amide bonds. The summed E-state index contributed by atoms with van der Waals surface area (Å²) >= 11 is 7.73. The van der Waals surface area contributed by atoms with Crippen molar-refractivity contribution < 1.29 is 4.79 Å². The van der Waals surface area contributed by atoms with Gasteiger partial charge >= 0.3 is 0 Å². The predicted octanol–water partition coefficient (Wildman–Crippen LogP) is 5.51. The van der Waals surface area contributed by atoms with Crippen LogP contribution in [0.2, 0.25) is 5.15 Å². The lowest BCUT2D eigenvalue weighted by Crippen LogP contribution is -2.43. The van der Waals surface area contributed by atoms with Crippen LogP contribution in [0.5, 0.6) is 0 Å². The van der Waals surface area contributed by atoms with E-state index in [0.717, 1.165) is 56.6 Å². The molecule has 0 bridgehead atoms. The van der Waals surface area contributed by atoms with Crippen molar-refractivity contribution in [1.29, 1.82) is 5.26 Å². The zero-order valence-corrected chi connectivity index (χ0v) is 23.4. The van der Waals surface area contributed by atoms with E-state index in [0.29, 0.717) is 40.8 Å². The quantitative estimate of drug-likeness (QED) is 0.297. The van der Waals surface area contributed by atoms with E-state index in [9.17, 15) is 10.1 Å². The maximum atomic E-state index is 12.7. The maximum Gasteiger partial charge on any atom is 0.253 e. The Bertz CT molecular complexity index is 1050. The fourth-order valence-corrected chi connectivity index (χ4v) is 6.28. The molecule has 0 radical (unpaired) electrons. The molecule has 8 heteroatoms. The van der Waals surface area contributed by atoms with Gasteiger partial charge in [0.25, 0.3) is 5.91 Å². The minimum atomic E-state index is -0.0865. The molecule has 0 aliphatic carbocycles. The molecule has 2 atom stereocenters. The van der Waals surface area contributed by atoms with Crippen LogP contribution in [0.4, 0.5) is 0 Å². The number of carbonyl (C=O) groups is 1. The minimum absolute atomic E-state index is 0.0865. The Labute approximate surface area is 224 Å². The number of halogens is 1. The Hall–Kier alpha value is -2.40. The van der Waals surface area contributed by atoms with Gasteiger partial charge in [-0.2, -0.15) is 16.6 Å². The fraction of sp³-hybridized carbons (Fsp3) is 0.536. The number of pyridine rings is 1. The van der Waals surface area contributed by atoms with Gasteiger partial charge in [0.15, 0.2) is 0 Å². The van der Waals surface area contributed by atoms with Gasteiger partial charge in [0.05, 0.1) is 17.3 Å². The first-order valence-electron chi connectivity index (χ1n) is 12.8. The predicted molar refractivity (Wildman–Crippen MR) is 148 cm³/mol. The summed E-state index contributed by atoms with van der Waals surface area (Å²) in [6, 6.07) is 6.57. The Morgan fingerprint density at radius 1 is 1.36 bits per heavy atom. The van der Waals surface area contributed by atoms with Crippen molar-refractivity contribution in [2.24, 2.45) is 11.8 Å². The van der Waals surface area contributed by atoms with E-state index < -0.39 is 0 Å². The third-order valence-electron chi connectivity index (χ3n) is 7.24. The van der Waals surface area contributed by atoms with Crippen LogP contribution in [0.25, 0.3) is 0 Å². The summed E-state index contributed by atoms with van der Waals surface area (Å²) in [6.07, 6.45) is 5.78. The lowest BCUT2D eigenvalue weighted by molar-refractivity contribution is 0.0934. The van der Waals surface area contributed by atoms with Crippen molar-refractivity contribution in [3.8, 4) is 6.07 Å². The highest BCUT2D eigenvalue weighted by Gasteiger charge is 2.30. The van der Waals surface area contributed by atoms with Gasteiger partial charge in [0.2, 0.25) is 0 Å². The second-order valence-electron chi connectivity index (χ2n) is 9.69. The fourth-order valence-electron chi connectivity index (χ4n) is 5.31. The maximum absolute atomic E-state index is 12.7. The highest BCUT2D eigenvalue weighted by atomic mass is 35.5. The first-order valence-corrected chi connectivity index (χ1v) is 14.2. The number of aromatic nitrogens is 1. The Balaban J connectivity index is 1.53. The van der Waals surface area contributed by atoms with E-state index in [4.69, 9.17) is 11.6 Å². The van der Waals surface area contributed by atoms with Gasteiger partial charge in [-0.3, -0.25) is 4.79 Å². The zero-order valence-electron chi connectivity index (χ0n) is 21.8.